The Labute approximate surface area is 139 Å². The molecule has 0 aliphatic carbocycles. The number of alkyl halides is 3. The van der Waals surface area contributed by atoms with Gasteiger partial charge in [0.2, 0.25) is 0 Å². The van der Waals surface area contributed by atoms with E-state index in [-0.39, 0.29) is 5.75 Å². The monoisotopic (exact) mass is 342 g/mol. The third kappa shape index (κ3) is 5.57. The molecule has 0 fully saturated rings. The molecule has 1 aromatic heterocycles. The summed E-state index contributed by atoms with van der Waals surface area (Å²) in [4.78, 5) is 2.08. The van der Waals surface area contributed by atoms with Crippen LogP contribution >= 0.6 is 11.3 Å². The van der Waals surface area contributed by atoms with Crippen LogP contribution in [0.4, 0.5) is 13.2 Å². The van der Waals surface area contributed by atoms with Crippen molar-refractivity contribution in [1.29, 1.82) is 0 Å². The molecule has 0 aliphatic heterocycles. The highest BCUT2D eigenvalue weighted by Gasteiger charge is 2.32. The molecular formula is C18H21F3OS. The fraction of sp³-hybridized carbons (Fsp3) is 0.444. The van der Waals surface area contributed by atoms with Crippen molar-refractivity contribution in [3.63, 3.8) is 0 Å². The van der Waals surface area contributed by atoms with E-state index in [4.69, 9.17) is 0 Å². The lowest BCUT2D eigenvalue weighted by Crippen LogP contribution is -2.18. The van der Waals surface area contributed by atoms with Crippen molar-refractivity contribution in [3.05, 3.63) is 40.8 Å². The number of unbranched alkanes of at least 4 members (excludes halogenated alkanes) is 3. The third-order valence-electron chi connectivity index (χ3n) is 3.62. The van der Waals surface area contributed by atoms with Gasteiger partial charge in [-0.2, -0.15) is 0 Å². The van der Waals surface area contributed by atoms with Gasteiger partial charge in [0.25, 0.3) is 0 Å². The van der Waals surface area contributed by atoms with Crippen molar-refractivity contribution < 1.29 is 17.9 Å². The van der Waals surface area contributed by atoms with Gasteiger partial charge in [-0.15, -0.1) is 24.5 Å². The van der Waals surface area contributed by atoms with E-state index in [1.807, 2.05) is 25.1 Å². The molecule has 0 aliphatic rings. The molecule has 0 amide bonds. The van der Waals surface area contributed by atoms with E-state index in [9.17, 15) is 13.2 Å². The smallest absolute Gasteiger partial charge is 0.405 e. The molecule has 0 N–H and O–H groups in total. The van der Waals surface area contributed by atoms with E-state index in [0.717, 1.165) is 41.0 Å². The summed E-state index contributed by atoms with van der Waals surface area (Å²) in [5.74, 6) is -0.0717. The molecule has 126 valence electrons. The number of ether oxygens (including phenoxy) is 1. The lowest BCUT2D eigenvalue weighted by atomic mass is 10.0. The maximum atomic E-state index is 12.7. The van der Waals surface area contributed by atoms with Crippen molar-refractivity contribution in [2.75, 3.05) is 0 Å². The van der Waals surface area contributed by atoms with Gasteiger partial charge in [-0.25, -0.2) is 0 Å². The van der Waals surface area contributed by atoms with Crippen LogP contribution in [-0.2, 0) is 6.42 Å². The highest BCUT2D eigenvalue weighted by molar-refractivity contribution is 7.15. The van der Waals surface area contributed by atoms with Crippen LogP contribution in [0.1, 0.15) is 43.0 Å². The molecule has 0 atom stereocenters. The summed E-state index contributed by atoms with van der Waals surface area (Å²) >= 11 is 1.56. The molecular weight excluding hydrogens is 321 g/mol. The lowest BCUT2D eigenvalue weighted by Gasteiger charge is -2.14. The van der Waals surface area contributed by atoms with Crippen molar-refractivity contribution in [1.82, 2.24) is 0 Å². The minimum atomic E-state index is -4.66. The van der Waals surface area contributed by atoms with E-state index in [1.165, 1.54) is 6.07 Å². The standard InChI is InChI=1S/C18H21F3OS/c1-3-4-5-6-7-14-9-10-15(17-11-8-13(2)23-17)12-16(14)22-18(19,20)21/h8-12H,3-7H2,1-2H3. The van der Waals surface area contributed by atoms with Crippen LogP contribution in [0, 0.1) is 6.92 Å². The lowest BCUT2D eigenvalue weighted by molar-refractivity contribution is -0.274. The Morgan fingerprint density at radius 2 is 1.83 bits per heavy atom. The Hall–Kier alpha value is -1.49. The Bertz CT molecular complexity index is 631. The Morgan fingerprint density at radius 3 is 2.43 bits per heavy atom. The molecule has 0 radical (unpaired) electrons. The van der Waals surface area contributed by atoms with Crippen LogP contribution in [0.25, 0.3) is 10.4 Å². The summed E-state index contributed by atoms with van der Waals surface area (Å²) < 4.78 is 42.3. The van der Waals surface area contributed by atoms with Crippen LogP contribution in [0.2, 0.25) is 0 Å². The Balaban J connectivity index is 2.23. The zero-order valence-corrected chi connectivity index (χ0v) is 14.2. The first kappa shape index (κ1) is 17.9. The second kappa shape index (κ2) is 7.86. The fourth-order valence-electron chi connectivity index (χ4n) is 2.47. The zero-order chi connectivity index (χ0) is 16.9. The second-order valence-electron chi connectivity index (χ2n) is 5.59. The number of hydrogen-bond acceptors (Lipinski definition) is 2. The van der Waals surface area contributed by atoms with Gasteiger partial charge in [-0.05, 0) is 49.1 Å². The summed E-state index contributed by atoms with van der Waals surface area (Å²) in [5, 5.41) is 0. The first-order valence-electron chi connectivity index (χ1n) is 7.84. The van der Waals surface area contributed by atoms with Crippen LogP contribution in [0.15, 0.2) is 30.3 Å². The van der Waals surface area contributed by atoms with Gasteiger partial charge >= 0.3 is 6.36 Å². The van der Waals surface area contributed by atoms with Crippen molar-refractivity contribution in [2.24, 2.45) is 0 Å². The van der Waals surface area contributed by atoms with Crippen molar-refractivity contribution >= 4 is 11.3 Å². The average molecular weight is 342 g/mol. The summed E-state index contributed by atoms with van der Waals surface area (Å²) in [7, 11) is 0. The van der Waals surface area contributed by atoms with E-state index in [1.54, 1.807) is 17.4 Å². The van der Waals surface area contributed by atoms with Crippen LogP contribution in [0.3, 0.4) is 0 Å². The number of hydrogen-bond donors (Lipinski definition) is 0. The van der Waals surface area contributed by atoms with E-state index < -0.39 is 6.36 Å². The molecule has 2 aromatic rings. The minimum absolute atomic E-state index is 0.0717. The molecule has 2 rings (SSSR count). The molecule has 0 saturated carbocycles. The molecule has 1 heterocycles. The molecule has 0 unspecified atom stereocenters. The van der Waals surface area contributed by atoms with E-state index in [2.05, 4.69) is 11.7 Å². The van der Waals surface area contributed by atoms with Crippen molar-refractivity contribution in [2.45, 2.75) is 52.3 Å². The number of aryl methyl sites for hydroxylation is 2. The Kier molecular flexibility index (Phi) is 6.10. The molecule has 0 bridgehead atoms. The van der Waals surface area contributed by atoms with Gasteiger partial charge in [0.1, 0.15) is 5.75 Å². The number of thiophene rings is 1. The largest absolute Gasteiger partial charge is 0.573 e. The maximum absolute atomic E-state index is 12.7. The number of rotatable bonds is 7. The van der Waals surface area contributed by atoms with Crippen LogP contribution in [0.5, 0.6) is 5.75 Å². The van der Waals surface area contributed by atoms with E-state index in [0.29, 0.717) is 12.0 Å². The average Bonchev–Trinajstić information content (AvgIpc) is 2.90. The van der Waals surface area contributed by atoms with Crippen LogP contribution in [-0.4, -0.2) is 6.36 Å². The SMILES string of the molecule is CCCCCCc1ccc(-c2ccc(C)s2)cc1OC(F)(F)F. The fourth-order valence-corrected chi connectivity index (χ4v) is 3.33. The quantitative estimate of drug-likeness (QED) is 0.506. The topological polar surface area (TPSA) is 9.23 Å². The Morgan fingerprint density at radius 1 is 1.04 bits per heavy atom. The van der Waals surface area contributed by atoms with Gasteiger partial charge in [-0.3, -0.25) is 0 Å². The number of benzene rings is 1. The molecule has 0 saturated heterocycles. The van der Waals surface area contributed by atoms with E-state index >= 15 is 0 Å². The third-order valence-corrected chi connectivity index (χ3v) is 4.67. The predicted octanol–water partition coefficient (Wildman–Crippen LogP) is 6.74. The first-order valence-corrected chi connectivity index (χ1v) is 8.66. The first-order chi connectivity index (χ1) is 10.9. The summed E-state index contributed by atoms with van der Waals surface area (Å²) in [5.41, 5.74) is 1.38. The van der Waals surface area contributed by atoms with Gasteiger partial charge in [0.05, 0.1) is 0 Å². The molecule has 1 nitrogen and oxygen atoms in total. The summed E-state index contributed by atoms with van der Waals surface area (Å²) in [6, 6.07) is 9.03. The zero-order valence-electron chi connectivity index (χ0n) is 13.4. The minimum Gasteiger partial charge on any atom is -0.405 e. The maximum Gasteiger partial charge on any atom is 0.573 e. The van der Waals surface area contributed by atoms with Gasteiger partial charge < -0.3 is 4.74 Å². The highest BCUT2D eigenvalue weighted by Crippen LogP contribution is 2.35. The molecule has 23 heavy (non-hydrogen) atoms. The normalized spacial score (nSPS) is 11.7. The summed E-state index contributed by atoms with van der Waals surface area (Å²) in [6.07, 6.45) is 0.0370. The predicted molar refractivity (Wildman–Crippen MR) is 89.0 cm³/mol. The summed E-state index contributed by atoms with van der Waals surface area (Å²) in [6.45, 7) is 4.08. The number of halogens is 3. The molecule has 1 aromatic carbocycles. The van der Waals surface area contributed by atoms with Gasteiger partial charge in [-0.1, -0.05) is 38.3 Å². The second-order valence-corrected chi connectivity index (χ2v) is 6.88. The highest BCUT2D eigenvalue weighted by atomic mass is 32.1. The van der Waals surface area contributed by atoms with Gasteiger partial charge in [0, 0.05) is 9.75 Å². The van der Waals surface area contributed by atoms with Crippen molar-refractivity contribution in [3.8, 4) is 16.2 Å². The van der Waals surface area contributed by atoms with Gasteiger partial charge in [0.15, 0.2) is 0 Å². The molecule has 5 heteroatoms. The molecule has 0 spiro atoms. The van der Waals surface area contributed by atoms with Crippen LogP contribution < -0.4 is 4.74 Å².